The lowest BCUT2D eigenvalue weighted by Crippen LogP contribution is -2.21. The van der Waals surface area contributed by atoms with Gasteiger partial charge in [0.25, 0.3) is 0 Å². The van der Waals surface area contributed by atoms with Crippen LogP contribution in [0.5, 0.6) is 0 Å². The molecular weight excluding hydrogens is 234 g/mol. The third-order valence-corrected chi connectivity index (χ3v) is 2.38. The second-order valence-corrected chi connectivity index (χ2v) is 3.81. The fourth-order valence-electron chi connectivity index (χ4n) is 1.60. The summed E-state index contributed by atoms with van der Waals surface area (Å²) >= 11 is 0. The smallest absolute Gasteiger partial charge is 0.165 e. The SMILES string of the molecule is C=CCOC[C@H](O)Cn1cnc2c(N)ncnc21. The molecule has 0 saturated heterocycles. The Morgan fingerprint density at radius 2 is 2.33 bits per heavy atom. The Kier molecular flexibility index (Phi) is 3.85. The van der Waals surface area contributed by atoms with Gasteiger partial charge in [-0.2, -0.15) is 0 Å². The fraction of sp³-hybridized carbons (Fsp3) is 0.364. The normalized spacial score (nSPS) is 12.7. The Morgan fingerprint density at radius 1 is 1.50 bits per heavy atom. The van der Waals surface area contributed by atoms with Crippen molar-refractivity contribution < 1.29 is 9.84 Å². The zero-order valence-electron chi connectivity index (χ0n) is 9.86. The first-order valence-corrected chi connectivity index (χ1v) is 5.50. The van der Waals surface area contributed by atoms with Gasteiger partial charge in [-0.05, 0) is 0 Å². The molecule has 0 spiro atoms. The number of nitrogen functional groups attached to an aromatic ring is 1. The van der Waals surface area contributed by atoms with Crippen LogP contribution in [-0.4, -0.2) is 43.9 Å². The molecule has 0 aromatic carbocycles. The van der Waals surface area contributed by atoms with Crippen LogP contribution in [0.4, 0.5) is 5.82 Å². The lowest BCUT2D eigenvalue weighted by Gasteiger charge is -2.11. The molecule has 2 aromatic rings. The Labute approximate surface area is 104 Å². The van der Waals surface area contributed by atoms with E-state index in [9.17, 15) is 5.11 Å². The third-order valence-electron chi connectivity index (χ3n) is 2.38. The molecule has 7 heteroatoms. The minimum atomic E-state index is -0.640. The summed E-state index contributed by atoms with van der Waals surface area (Å²) in [6, 6.07) is 0. The van der Waals surface area contributed by atoms with Crippen LogP contribution in [0.1, 0.15) is 0 Å². The van der Waals surface area contributed by atoms with Crippen LogP contribution >= 0.6 is 0 Å². The zero-order chi connectivity index (χ0) is 13.0. The minimum absolute atomic E-state index is 0.228. The number of aromatic nitrogens is 4. The number of aliphatic hydroxyl groups is 1. The predicted molar refractivity (Wildman–Crippen MR) is 66.8 cm³/mol. The first-order valence-electron chi connectivity index (χ1n) is 5.50. The molecule has 0 unspecified atom stereocenters. The maximum absolute atomic E-state index is 9.79. The van der Waals surface area contributed by atoms with E-state index in [1.54, 1.807) is 17.0 Å². The molecular formula is C11H15N5O2. The van der Waals surface area contributed by atoms with Crippen molar-refractivity contribution in [3.63, 3.8) is 0 Å². The lowest BCUT2D eigenvalue weighted by atomic mass is 10.3. The first kappa shape index (κ1) is 12.5. The number of aliphatic hydroxyl groups excluding tert-OH is 1. The van der Waals surface area contributed by atoms with E-state index in [-0.39, 0.29) is 6.61 Å². The molecule has 0 saturated carbocycles. The standard InChI is InChI=1S/C11H15N5O2/c1-2-3-18-5-8(17)4-16-7-15-9-10(12)13-6-14-11(9)16/h2,6-8,17H,1,3-5H2,(H2,12,13,14)/t8-/m1/s1. The molecule has 2 heterocycles. The predicted octanol–water partition coefficient (Wildman–Crippen LogP) is -0.0280. The quantitative estimate of drug-likeness (QED) is 0.551. The van der Waals surface area contributed by atoms with Gasteiger partial charge >= 0.3 is 0 Å². The Morgan fingerprint density at radius 3 is 3.11 bits per heavy atom. The number of fused-ring (bicyclic) bond motifs is 1. The van der Waals surface area contributed by atoms with Crippen molar-refractivity contribution in [3.8, 4) is 0 Å². The first-order chi connectivity index (χ1) is 8.72. The van der Waals surface area contributed by atoms with Crippen LogP contribution in [0.25, 0.3) is 11.2 Å². The number of hydrogen-bond acceptors (Lipinski definition) is 6. The number of imidazole rings is 1. The Balaban J connectivity index is 2.07. The van der Waals surface area contributed by atoms with Crippen LogP contribution in [0.2, 0.25) is 0 Å². The van der Waals surface area contributed by atoms with E-state index in [1.165, 1.54) is 6.33 Å². The maximum Gasteiger partial charge on any atom is 0.165 e. The molecule has 0 fully saturated rings. The van der Waals surface area contributed by atoms with Crippen LogP contribution in [0, 0.1) is 0 Å². The summed E-state index contributed by atoms with van der Waals surface area (Å²) in [5.41, 5.74) is 6.81. The second-order valence-electron chi connectivity index (χ2n) is 3.81. The maximum atomic E-state index is 9.79. The van der Waals surface area contributed by atoms with Gasteiger partial charge in [0.05, 0.1) is 32.2 Å². The lowest BCUT2D eigenvalue weighted by molar-refractivity contribution is 0.0402. The molecule has 1 atom stereocenters. The molecule has 7 nitrogen and oxygen atoms in total. The van der Waals surface area contributed by atoms with Gasteiger partial charge in [-0.1, -0.05) is 6.08 Å². The van der Waals surface area contributed by atoms with Crippen molar-refractivity contribution in [2.75, 3.05) is 18.9 Å². The van der Waals surface area contributed by atoms with E-state index in [0.29, 0.717) is 30.1 Å². The zero-order valence-corrected chi connectivity index (χ0v) is 9.86. The highest BCUT2D eigenvalue weighted by Gasteiger charge is 2.11. The number of nitrogens with two attached hydrogens (primary N) is 1. The van der Waals surface area contributed by atoms with Gasteiger partial charge in [0, 0.05) is 0 Å². The van der Waals surface area contributed by atoms with E-state index in [1.807, 2.05) is 0 Å². The highest BCUT2D eigenvalue weighted by Crippen LogP contribution is 2.14. The van der Waals surface area contributed by atoms with Gasteiger partial charge in [-0.15, -0.1) is 6.58 Å². The van der Waals surface area contributed by atoms with Crippen molar-refractivity contribution in [1.29, 1.82) is 0 Å². The molecule has 2 rings (SSSR count). The van der Waals surface area contributed by atoms with Crippen molar-refractivity contribution >= 4 is 17.0 Å². The Hall–Kier alpha value is -1.99. The fourth-order valence-corrected chi connectivity index (χ4v) is 1.60. The largest absolute Gasteiger partial charge is 0.389 e. The van der Waals surface area contributed by atoms with E-state index in [2.05, 4.69) is 21.5 Å². The second kappa shape index (κ2) is 5.56. The van der Waals surface area contributed by atoms with Gasteiger partial charge in [0.15, 0.2) is 11.5 Å². The number of nitrogens with zero attached hydrogens (tertiary/aromatic N) is 4. The average molecular weight is 249 g/mol. The molecule has 2 aromatic heterocycles. The Bertz CT molecular complexity index is 539. The van der Waals surface area contributed by atoms with Crippen LogP contribution in [0.3, 0.4) is 0 Å². The molecule has 0 amide bonds. The molecule has 18 heavy (non-hydrogen) atoms. The van der Waals surface area contributed by atoms with Gasteiger partial charge < -0.3 is 20.1 Å². The summed E-state index contributed by atoms with van der Waals surface area (Å²) in [4.78, 5) is 12.1. The summed E-state index contributed by atoms with van der Waals surface area (Å²) in [5.74, 6) is 0.330. The van der Waals surface area contributed by atoms with Gasteiger partial charge in [0.1, 0.15) is 11.8 Å². The van der Waals surface area contributed by atoms with Gasteiger partial charge in [-0.3, -0.25) is 0 Å². The molecule has 96 valence electrons. The highest BCUT2D eigenvalue weighted by molar-refractivity contribution is 5.81. The van der Waals surface area contributed by atoms with Crippen molar-refractivity contribution in [1.82, 2.24) is 19.5 Å². The monoisotopic (exact) mass is 249 g/mol. The summed E-state index contributed by atoms with van der Waals surface area (Å²) in [7, 11) is 0. The van der Waals surface area contributed by atoms with Gasteiger partial charge in [0.2, 0.25) is 0 Å². The number of rotatable bonds is 6. The van der Waals surface area contributed by atoms with E-state index >= 15 is 0 Å². The van der Waals surface area contributed by atoms with E-state index < -0.39 is 6.10 Å². The van der Waals surface area contributed by atoms with Crippen LogP contribution in [-0.2, 0) is 11.3 Å². The molecule has 0 radical (unpaired) electrons. The summed E-state index contributed by atoms with van der Waals surface area (Å²) in [6.07, 6.45) is 3.94. The number of anilines is 1. The number of hydrogen-bond donors (Lipinski definition) is 2. The van der Waals surface area contributed by atoms with Crippen molar-refractivity contribution in [2.45, 2.75) is 12.6 Å². The summed E-state index contributed by atoms with van der Waals surface area (Å²) < 4.78 is 6.89. The van der Waals surface area contributed by atoms with E-state index in [4.69, 9.17) is 10.5 Å². The molecule has 0 aliphatic heterocycles. The van der Waals surface area contributed by atoms with Crippen molar-refractivity contribution in [3.05, 3.63) is 25.3 Å². The molecule has 0 aliphatic carbocycles. The highest BCUT2D eigenvalue weighted by atomic mass is 16.5. The van der Waals surface area contributed by atoms with Crippen LogP contribution < -0.4 is 5.73 Å². The third kappa shape index (κ3) is 2.63. The molecule has 0 bridgehead atoms. The van der Waals surface area contributed by atoms with Gasteiger partial charge in [-0.25, -0.2) is 15.0 Å². The molecule has 3 N–H and O–H groups in total. The van der Waals surface area contributed by atoms with Crippen LogP contribution in [0.15, 0.2) is 25.3 Å². The van der Waals surface area contributed by atoms with Crippen molar-refractivity contribution in [2.24, 2.45) is 0 Å². The number of ether oxygens (including phenoxy) is 1. The van der Waals surface area contributed by atoms with E-state index in [0.717, 1.165) is 0 Å². The summed E-state index contributed by atoms with van der Waals surface area (Å²) in [6.45, 7) is 4.51. The minimum Gasteiger partial charge on any atom is -0.389 e. The molecule has 0 aliphatic rings. The average Bonchev–Trinajstić information content (AvgIpc) is 2.74. The summed E-state index contributed by atoms with van der Waals surface area (Å²) in [5, 5.41) is 9.79. The topological polar surface area (TPSA) is 99.1 Å².